The topological polar surface area (TPSA) is 71.7 Å². The molecule has 20 heavy (non-hydrogen) atoms. The monoisotopic (exact) mass is 283 g/mol. The minimum Gasteiger partial charge on any atom is -0.456 e. The Labute approximate surface area is 120 Å². The molecular formula is C15H25NO4. The van der Waals surface area contributed by atoms with E-state index in [4.69, 9.17) is 9.15 Å². The molecule has 1 aromatic heterocycles. The number of furan rings is 1. The average Bonchev–Trinajstić information content (AvgIpc) is 2.77. The molecule has 0 aromatic carbocycles. The minimum absolute atomic E-state index is 0.151. The van der Waals surface area contributed by atoms with Crippen LogP contribution in [-0.2, 0) is 11.2 Å². The molecule has 0 aliphatic carbocycles. The summed E-state index contributed by atoms with van der Waals surface area (Å²) < 4.78 is 10.8. The van der Waals surface area contributed by atoms with E-state index in [2.05, 4.69) is 5.32 Å². The van der Waals surface area contributed by atoms with E-state index in [0.29, 0.717) is 18.3 Å². The Kier molecular flexibility index (Phi) is 6.75. The molecule has 0 aliphatic rings. The lowest BCUT2D eigenvalue weighted by molar-refractivity contribution is 0.0257. The third-order valence-electron chi connectivity index (χ3n) is 2.78. The Bertz CT molecular complexity index is 426. The Morgan fingerprint density at radius 2 is 2.15 bits per heavy atom. The van der Waals surface area contributed by atoms with Crippen molar-refractivity contribution in [1.29, 1.82) is 0 Å². The number of hydrogen-bond acceptors (Lipinski definition) is 4. The lowest BCUT2D eigenvalue weighted by atomic mass is 10.2. The maximum Gasteiger partial charge on any atom is 0.287 e. The first-order valence-corrected chi connectivity index (χ1v) is 7.07. The van der Waals surface area contributed by atoms with Gasteiger partial charge in [-0.3, -0.25) is 4.79 Å². The molecule has 2 N–H and O–H groups in total. The van der Waals surface area contributed by atoms with Crippen LogP contribution in [0.4, 0.5) is 0 Å². The second-order valence-electron chi connectivity index (χ2n) is 5.37. The molecule has 0 aliphatic heterocycles. The van der Waals surface area contributed by atoms with Crippen LogP contribution in [0.1, 0.15) is 42.6 Å². The van der Waals surface area contributed by atoms with Crippen molar-refractivity contribution in [2.45, 2.75) is 40.2 Å². The van der Waals surface area contributed by atoms with Crippen LogP contribution in [0.25, 0.3) is 0 Å². The predicted octanol–water partition coefficient (Wildman–Crippen LogP) is 1.91. The lowest BCUT2D eigenvalue weighted by Gasteiger charge is -2.13. The van der Waals surface area contributed by atoms with Crippen LogP contribution in [0, 0.1) is 12.8 Å². The van der Waals surface area contributed by atoms with Crippen molar-refractivity contribution in [3.63, 3.8) is 0 Å². The summed E-state index contributed by atoms with van der Waals surface area (Å²) in [6.07, 6.45) is 0.0402. The second kappa shape index (κ2) is 8.07. The van der Waals surface area contributed by atoms with E-state index < -0.39 is 6.10 Å². The van der Waals surface area contributed by atoms with Crippen LogP contribution < -0.4 is 5.32 Å². The van der Waals surface area contributed by atoms with Gasteiger partial charge in [-0.15, -0.1) is 0 Å². The zero-order valence-corrected chi connectivity index (χ0v) is 12.7. The Balaban J connectivity index is 2.37. The van der Waals surface area contributed by atoms with Gasteiger partial charge in [0.05, 0.1) is 12.7 Å². The number of aryl methyl sites for hydroxylation is 2. The van der Waals surface area contributed by atoms with E-state index in [1.165, 1.54) is 0 Å². The molecule has 0 saturated heterocycles. The van der Waals surface area contributed by atoms with E-state index in [0.717, 1.165) is 17.7 Å². The summed E-state index contributed by atoms with van der Waals surface area (Å²) in [4.78, 5) is 11.9. The molecular weight excluding hydrogens is 258 g/mol. The average molecular weight is 283 g/mol. The van der Waals surface area contributed by atoms with Crippen molar-refractivity contribution < 1.29 is 19.1 Å². The molecule has 0 spiro atoms. The first kappa shape index (κ1) is 16.7. The summed E-state index contributed by atoms with van der Waals surface area (Å²) in [6.45, 7) is 8.85. The number of carbonyl (C=O) groups excluding carboxylic acids is 1. The summed E-state index contributed by atoms with van der Waals surface area (Å²) in [5.41, 5.74) is 0.810. The zero-order chi connectivity index (χ0) is 15.1. The van der Waals surface area contributed by atoms with Gasteiger partial charge in [0, 0.05) is 25.1 Å². The number of aliphatic hydroxyl groups is 1. The summed E-state index contributed by atoms with van der Waals surface area (Å²) in [5, 5.41) is 12.4. The van der Waals surface area contributed by atoms with Gasteiger partial charge in [-0.1, -0.05) is 20.8 Å². The smallest absolute Gasteiger partial charge is 0.287 e. The van der Waals surface area contributed by atoms with Gasteiger partial charge in [0.1, 0.15) is 5.76 Å². The molecule has 5 heteroatoms. The van der Waals surface area contributed by atoms with Gasteiger partial charge >= 0.3 is 0 Å². The maximum atomic E-state index is 11.9. The van der Waals surface area contributed by atoms with Gasteiger partial charge in [-0.05, 0) is 18.9 Å². The van der Waals surface area contributed by atoms with Gasteiger partial charge in [0.2, 0.25) is 0 Å². The predicted molar refractivity (Wildman–Crippen MR) is 76.8 cm³/mol. The SMILES string of the molecule is CCc1cc(C)c(C(=O)NCC(O)COCC(C)C)o1. The van der Waals surface area contributed by atoms with Crippen LogP contribution >= 0.6 is 0 Å². The van der Waals surface area contributed by atoms with Crippen molar-refractivity contribution in [1.82, 2.24) is 5.32 Å². The molecule has 114 valence electrons. The van der Waals surface area contributed by atoms with Gasteiger partial charge < -0.3 is 19.6 Å². The summed E-state index contributed by atoms with van der Waals surface area (Å²) in [6, 6.07) is 1.86. The molecule has 0 radical (unpaired) electrons. The van der Waals surface area contributed by atoms with Crippen LogP contribution in [0.2, 0.25) is 0 Å². The van der Waals surface area contributed by atoms with Crippen LogP contribution in [0.3, 0.4) is 0 Å². The molecule has 5 nitrogen and oxygen atoms in total. The molecule has 1 unspecified atom stereocenters. The van der Waals surface area contributed by atoms with Crippen molar-refractivity contribution in [3.05, 3.63) is 23.2 Å². The fourth-order valence-electron chi connectivity index (χ4n) is 1.74. The van der Waals surface area contributed by atoms with Crippen molar-refractivity contribution >= 4 is 5.91 Å². The van der Waals surface area contributed by atoms with Crippen molar-refractivity contribution in [2.24, 2.45) is 5.92 Å². The van der Waals surface area contributed by atoms with Gasteiger partial charge in [0.25, 0.3) is 5.91 Å². The maximum absolute atomic E-state index is 11.9. The van der Waals surface area contributed by atoms with Gasteiger partial charge in [-0.25, -0.2) is 0 Å². The Morgan fingerprint density at radius 3 is 2.70 bits per heavy atom. The molecule has 1 aromatic rings. The summed E-state index contributed by atoms with van der Waals surface area (Å²) in [5.74, 6) is 1.23. The molecule has 1 rings (SSSR count). The normalized spacial score (nSPS) is 12.7. The highest BCUT2D eigenvalue weighted by Gasteiger charge is 2.16. The van der Waals surface area contributed by atoms with Crippen LogP contribution in [0.5, 0.6) is 0 Å². The molecule has 0 bridgehead atoms. The van der Waals surface area contributed by atoms with Crippen molar-refractivity contribution in [3.8, 4) is 0 Å². The number of nitrogens with one attached hydrogen (secondary N) is 1. The standard InChI is InChI=1S/C15H25NO4/c1-5-13-6-11(4)14(20-13)15(18)16-7-12(17)9-19-8-10(2)3/h6,10,12,17H,5,7-9H2,1-4H3,(H,16,18). The number of ether oxygens (including phenoxy) is 1. The zero-order valence-electron chi connectivity index (χ0n) is 12.7. The largest absolute Gasteiger partial charge is 0.456 e. The highest BCUT2D eigenvalue weighted by atomic mass is 16.5. The summed E-state index contributed by atoms with van der Waals surface area (Å²) >= 11 is 0. The highest BCUT2D eigenvalue weighted by Crippen LogP contribution is 2.14. The molecule has 0 saturated carbocycles. The number of amides is 1. The second-order valence-corrected chi connectivity index (χ2v) is 5.37. The fraction of sp³-hybridized carbons (Fsp3) is 0.667. The number of rotatable bonds is 8. The first-order valence-electron chi connectivity index (χ1n) is 7.07. The third-order valence-corrected chi connectivity index (χ3v) is 2.78. The molecule has 1 amide bonds. The minimum atomic E-state index is -0.710. The Morgan fingerprint density at radius 1 is 1.45 bits per heavy atom. The highest BCUT2D eigenvalue weighted by molar-refractivity contribution is 5.92. The van der Waals surface area contributed by atoms with E-state index in [1.54, 1.807) is 0 Å². The third kappa shape index (κ3) is 5.35. The van der Waals surface area contributed by atoms with E-state index in [9.17, 15) is 9.90 Å². The first-order chi connectivity index (χ1) is 9.43. The Hall–Kier alpha value is -1.33. The molecule has 0 fully saturated rings. The number of hydrogen-bond donors (Lipinski definition) is 2. The molecule has 1 atom stereocenters. The van der Waals surface area contributed by atoms with E-state index >= 15 is 0 Å². The fourth-order valence-corrected chi connectivity index (χ4v) is 1.74. The summed E-state index contributed by atoms with van der Waals surface area (Å²) in [7, 11) is 0. The van der Waals surface area contributed by atoms with Crippen molar-refractivity contribution in [2.75, 3.05) is 19.8 Å². The van der Waals surface area contributed by atoms with Gasteiger partial charge in [-0.2, -0.15) is 0 Å². The quantitative estimate of drug-likeness (QED) is 0.764. The molecule has 1 heterocycles. The van der Waals surface area contributed by atoms with E-state index in [-0.39, 0.29) is 19.1 Å². The van der Waals surface area contributed by atoms with Crippen LogP contribution in [-0.4, -0.2) is 36.9 Å². The number of aliphatic hydroxyl groups excluding tert-OH is 1. The number of carbonyl (C=O) groups is 1. The van der Waals surface area contributed by atoms with Gasteiger partial charge in [0.15, 0.2) is 5.76 Å². The van der Waals surface area contributed by atoms with Crippen LogP contribution in [0.15, 0.2) is 10.5 Å². The lowest BCUT2D eigenvalue weighted by Crippen LogP contribution is -2.34. The van der Waals surface area contributed by atoms with E-state index in [1.807, 2.05) is 33.8 Å².